The van der Waals surface area contributed by atoms with Gasteiger partial charge in [0.25, 0.3) is 0 Å². The van der Waals surface area contributed by atoms with Gasteiger partial charge in [0.05, 0.1) is 6.61 Å². The number of carboxylic acid groups (broad SMARTS) is 1. The number of ether oxygens (including phenoxy) is 2. The molecule has 1 atom stereocenters. The van der Waals surface area contributed by atoms with Crippen LogP contribution in [0.1, 0.15) is 38.8 Å². The van der Waals surface area contributed by atoms with Crippen molar-refractivity contribution in [3.05, 3.63) is 41.5 Å². The molecule has 0 aliphatic carbocycles. The molecular weight excluding hydrogens is 338 g/mol. The van der Waals surface area contributed by atoms with Crippen LogP contribution in [-0.2, 0) is 25.5 Å². The minimum Gasteiger partial charge on any atom is -0.480 e. The van der Waals surface area contributed by atoms with Crippen molar-refractivity contribution in [3.63, 3.8) is 0 Å². The fraction of sp³-hybridized carbons (Fsp3) is 0.421. The molecular formula is C19H25NO6. The lowest BCUT2D eigenvalue weighted by molar-refractivity contribution is -0.139. The molecule has 0 unspecified atom stereocenters. The molecule has 0 saturated carbocycles. The normalized spacial score (nSPS) is 12.5. The van der Waals surface area contributed by atoms with Crippen molar-refractivity contribution in [2.75, 3.05) is 6.61 Å². The highest BCUT2D eigenvalue weighted by Crippen LogP contribution is 2.14. The number of amides is 1. The average molecular weight is 363 g/mol. The Morgan fingerprint density at radius 2 is 1.88 bits per heavy atom. The van der Waals surface area contributed by atoms with Crippen LogP contribution in [-0.4, -0.2) is 41.4 Å². The SMILES string of the molecule is CCOC(=O)/C=C/c1ccccc1C[C@@H](NC(=O)OC(C)(C)C)C(=O)O. The van der Waals surface area contributed by atoms with E-state index in [4.69, 9.17) is 9.47 Å². The molecule has 0 aliphatic heterocycles. The Hall–Kier alpha value is -2.83. The van der Waals surface area contributed by atoms with Crippen LogP contribution in [0.3, 0.4) is 0 Å². The second-order valence-corrected chi connectivity index (χ2v) is 6.53. The average Bonchev–Trinajstić information content (AvgIpc) is 2.51. The molecule has 0 spiro atoms. The van der Waals surface area contributed by atoms with E-state index >= 15 is 0 Å². The van der Waals surface area contributed by atoms with Gasteiger partial charge in [0.1, 0.15) is 11.6 Å². The number of rotatable bonds is 7. The Balaban J connectivity index is 2.91. The molecule has 26 heavy (non-hydrogen) atoms. The highest BCUT2D eigenvalue weighted by molar-refractivity contribution is 5.87. The predicted octanol–water partition coefficient (Wildman–Crippen LogP) is 2.78. The lowest BCUT2D eigenvalue weighted by Crippen LogP contribution is -2.44. The van der Waals surface area contributed by atoms with Gasteiger partial charge in [0, 0.05) is 12.5 Å². The molecule has 0 heterocycles. The summed E-state index contributed by atoms with van der Waals surface area (Å²) < 4.78 is 9.93. The van der Waals surface area contributed by atoms with E-state index in [1.165, 1.54) is 6.08 Å². The summed E-state index contributed by atoms with van der Waals surface area (Å²) in [4.78, 5) is 34.8. The fourth-order valence-corrected chi connectivity index (χ4v) is 2.10. The van der Waals surface area contributed by atoms with E-state index in [9.17, 15) is 19.5 Å². The molecule has 0 bridgehead atoms. The maximum absolute atomic E-state index is 11.9. The first-order chi connectivity index (χ1) is 12.1. The second kappa shape index (κ2) is 9.60. The molecule has 1 aromatic rings. The van der Waals surface area contributed by atoms with Gasteiger partial charge in [-0.05, 0) is 44.9 Å². The summed E-state index contributed by atoms with van der Waals surface area (Å²) in [5.41, 5.74) is 0.599. The van der Waals surface area contributed by atoms with Crippen LogP contribution in [0.2, 0.25) is 0 Å². The van der Waals surface area contributed by atoms with Crippen molar-refractivity contribution in [3.8, 4) is 0 Å². The molecule has 2 N–H and O–H groups in total. The Morgan fingerprint density at radius 1 is 1.23 bits per heavy atom. The van der Waals surface area contributed by atoms with Gasteiger partial charge in [0.2, 0.25) is 0 Å². The van der Waals surface area contributed by atoms with E-state index < -0.39 is 29.7 Å². The van der Waals surface area contributed by atoms with E-state index in [0.29, 0.717) is 11.1 Å². The van der Waals surface area contributed by atoms with Crippen LogP contribution in [0.5, 0.6) is 0 Å². The first-order valence-corrected chi connectivity index (χ1v) is 8.27. The summed E-state index contributed by atoms with van der Waals surface area (Å²) >= 11 is 0. The van der Waals surface area contributed by atoms with Crippen molar-refractivity contribution in [2.45, 2.75) is 45.8 Å². The second-order valence-electron chi connectivity index (χ2n) is 6.53. The summed E-state index contributed by atoms with van der Waals surface area (Å²) in [6.07, 6.45) is 2.07. The highest BCUT2D eigenvalue weighted by atomic mass is 16.6. The molecule has 0 saturated heterocycles. The number of carboxylic acids is 1. The van der Waals surface area contributed by atoms with Gasteiger partial charge in [0.15, 0.2) is 0 Å². The summed E-state index contributed by atoms with van der Waals surface area (Å²) in [6.45, 7) is 7.05. The number of carbonyl (C=O) groups is 3. The highest BCUT2D eigenvalue weighted by Gasteiger charge is 2.24. The zero-order valence-electron chi connectivity index (χ0n) is 15.4. The van der Waals surface area contributed by atoms with E-state index in [0.717, 1.165) is 0 Å². The zero-order chi connectivity index (χ0) is 19.7. The monoisotopic (exact) mass is 363 g/mol. The number of esters is 1. The van der Waals surface area contributed by atoms with Crippen molar-refractivity contribution in [2.24, 2.45) is 0 Å². The van der Waals surface area contributed by atoms with Crippen LogP contribution in [0.4, 0.5) is 4.79 Å². The third-order valence-electron chi connectivity index (χ3n) is 3.15. The van der Waals surface area contributed by atoms with E-state index in [1.54, 1.807) is 58.0 Å². The van der Waals surface area contributed by atoms with Crippen molar-refractivity contribution in [1.29, 1.82) is 0 Å². The third kappa shape index (κ3) is 7.83. The number of carbonyl (C=O) groups excluding carboxylic acids is 2. The Bertz CT molecular complexity index is 675. The standard InChI is InChI=1S/C19H25NO6/c1-5-25-16(21)11-10-13-8-6-7-9-14(13)12-15(17(22)23)20-18(24)26-19(2,3)4/h6-11,15H,5,12H2,1-4H3,(H,20,24)(H,22,23)/b11-10+/t15-/m1/s1. The predicted molar refractivity (Wildman–Crippen MR) is 96.6 cm³/mol. The summed E-state index contributed by atoms with van der Waals surface area (Å²) in [7, 11) is 0. The van der Waals surface area contributed by atoms with Crippen molar-refractivity contribution in [1.82, 2.24) is 5.32 Å². The molecule has 7 heteroatoms. The molecule has 142 valence electrons. The minimum absolute atomic E-state index is 0.0396. The Kier molecular flexibility index (Phi) is 7.83. The van der Waals surface area contributed by atoms with Gasteiger partial charge in [-0.1, -0.05) is 24.3 Å². The van der Waals surface area contributed by atoms with Crippen molar-refractivity contribution < 1.29 is 29.0 Å². The van der Waals surface area contributed by atoms with E-state index in [2.05, 4.69) is 5.32 Å². The summed E-state index contributed by atoms with van der Waals surface area (Å²) in [5.74, 6) is -1.66. The first-order valence-electron chi connectivity index (χ1n) is 8.27. The van der Waals surface area contributed by atoms with E-state index in [-0.39, 0.29) is 13.0 Å². The van der Waals surface area contributed by atoms with E-state index in [1.807, 2.05) is 0 Å². The largest absolute Gasteiger partial charge is 0.480 e. The van der Waals surface area contributed by atoms with Crippen LogP contribution in [0.15, 0.2) is 30.3 Å². The topological polar surface area (TPSA) is 102 Å². The summed E-state index contributed by atoms with van der Waals surface area (Å²) in [5, 5.41) is 11.8. The molecule has 1 rings (SSSR count). The van der Waals surface area contributed by atoms with Crippen molar-refractivity contribution >= 4 is 24.1 Å². The van der Waals surface area contributed by atoms with Gasteiger partial charge in [-0.25, -0.2) is 14.4 Å². The summed E-state index contributed by atoms with van der Waals surface area (Å²) in [6, 6.07) is 5.84. The molecule has 7 nitrogen and oxygen atoms in total. The molecule has 0 radical (unpaired) electrons. The van der Waals surface area contributed by atoms with Crippen LogP contribution in [0, 0.1) is 0 Å². The number of benzene rings is 1. The van der Waals surface area contributed by atoms with Gasteiger partial charge < -0.3 is 19.9 Å². The zero-order valence-corrected chi connectivity index (χ0v) is 15.4. The molecule has 0 aliphatic rings. The molecule has 0 fully saturated rings. The van der Waals surface area contributed by atoms with Gasteiger partial charge in [-0.15, -0.1) is 0 Å². The van der Waals surface area contributed by atoms with Crippen LogP contribution >= 0.6 is 0 Å². The lowest BCUT2D eigenvalue weighted by Gasteiger charge is -2.22. The Labute approximate surface area is 153 Å². The number of alkyl carbamates (subject to hydrolysis) is 1. The van der Waals surface area contributed by atoms with Gasteiger partial charge >= 0.3 is 18.0 Å². The molecule has 0 aromatic heterocycles. The first kappa shape index (κ1) is 21.2. The maximum atomic E-state index is 11.9. The number of aliphatic carboxylic acids is 1. The fourth-order valence-electron chi connectivity index (χ4n) is 2.10. The number of hydrogen-bond donors (Lipinski definition) is 2. The van der Waals surface area contributed by atoms with Crippen LogP contribution in [0.25, 0.3) is 6.08 Å². The van der Waals surface area contributed by atoms with Crippen LogP contribution < -0.4 is 5.32 Å². The molecule has 1 amide bonds. The smallest absolute Gasteiger partial charge is 0.408 e. The molecule has 1 aromatic carbocycles. The maximum Gasteiger partial charge on any atom is 0.408 e. The third-order valence-corrected chi connectivity index (χ3v) is 3.15. The number of hydrogen-bond acceptors (Lipinski definition) is 5. The Morgan fingerprint density at radius 3 is 2.46 bits per heavy atom. The van der Waals surface area contributed by atoms with Gasteiger partial charge in [-0.2, -0.15) is 0 Å². The minimum atomic E-state index is -1.18. The van der Waals surface area contributed by atoms with Gasteiger partial charge in [-0.3, -0.25) is 0 Å². The lowest BCUT2D eigenvalue weighted by atomic mass is 10.00. The quantitative estimate of drug-likeness (QED) is 0.570. The number of nitrogens with one attached hydrogen (secondary N) is 1.